The molecular weight excluding hydrogens is 280 g/mol. The van der Waals surface area contributed by atoms with Crippen LogP contribution in [0.15, 0.2) is 0 Å². The third kappa shape index (κ3) is 5.38. The lowest BCUT2D eigenvalue weighted by molar-refractivity contribution is 0.0528. The number of carbonyl (C=O) groups is 2. The Morgan fingerprint density at radius 3 is 2.57 bits per heavy atom. The van der Waals surface area contributed by atoms with Crippen LogP contribution in [0, 0.1) is 0 Å². The van der Waals surface area contributed by atoms with E-state index < -0.39 is 17.7 Å². The molecule has 21 heavy (non-hydrogen) atoms. The molecule has 0 saturated heterocycles. The number of aliphatic hydroxyl groups is 1. The van der Waals surface area contributed by atoms with E-state index in [0.717, 1.165) is 0 Å². The summed E-state index contributed by atoms with van der Waals surface area (Å²) in [5, 5.41) is 27.7. The fourth-order valence-corrected chi connectivity index (χ4v) is 1.62. The van der Waals surface area contributed by atoms with Crippen molar-refractivity contribution >= 4 is 12.1 Å². The molecule has 0 aromatic carbocycles. The molecule has 0 bridgehead atoms. The Bertz CT molecular complexity index is 506. The van der Waals surface area contributed by atoms with Crippen molar-refractivity contribution in [1.82, 2.24) is 20.3 Å². The van der Waals surface area contributed by atoms with Gasteiger partial charge in [0.25, 0.3) is 0 Å². The zero-order valence-electron chi connectivity index (χ0n) is 12.3. The summed E-state index contributed by atoms with van der Waals surface area (Å²) in [5.41, 5.74) is -0.446. The van der Waals surface area contributed by atoms with Gasteiger partial charge in [0.1, 0.15) is 5.60 Å². The molecule has 3 N–H and O–H groups in total. The quantitative estimate of drug-likeness (QED) is 0.676. The number of alkyl carbamates (subject to hydrolysis) is 1. The molecule has 1 rings (SSSR count). The molecule has 1 amide bonds. The molecule has 118 valence electrons. The number of nitrogens with one attached hydrogen (secondary N) is 1. The van der Waals surface area contributed by atoms with Crippen LogP contribution in [0.3, 0.4) is 0 Å². The molecule has 0 fully saturated rings. The lowest BCUT2D eigenvalue weighted by Gasteiger charge is -2.19. The summed E-state index contributed by atoms with van der Waals surface area (Å²) < 4.78 is 6.37. The summed E-state index contributed by atoms with van der Waals surface area (Å²) in [7, 11) is 0. The smallest absolute Gasteiger partial charge is 0.407 e. The predicted molar refractivity (Wildman–Crippen MR) is 72.0 cm³/mol. The number of aliphatic hydroxyl groups excluding tert-OH is 1. The average Bonchev–Trinajstić information content (AvgIpc) is 2.71. The summed E-state index contributed by atoms with van der Waals surface area (Å²) in [5.74, 6) is -1.20. The first-order valence-electron chi connectivity index (χ1n) is 6.48. The lowest BCUT2D eigenvalue weighted by Crippen LogP contribution is -2.34. The van der Waals surface area contributed by atoms with Crippen LogP contribution in [0.4, 0.5) is 4.79 Å². The number of ether oxygens (including phenoxy) is 1. The highest BCUT2D eigenvalue weighted by Crippen LogP contribution is 2.08. The molecule has 1 aromatic rings. The molecule has 0 radical (unpaired) electrons. The van der Waals surface area contributed by atoms with Crippen molar-refractivity contribution in [2.75, 3.05) is 13.2 Å². The van der Waals surface area contributed by atoms with Gasteiger partial charge in [0.05, 0.1) is 18.8 Å². The number of carbonyl (C=O) groups excluding carboxylic acids is 1. The highest BCUT2D eigenvalue weighted by molar-refractivity contribution is 5.86. The van der Waals surface area contributed by atoms with Gasteiger partial charge in [-0.1, -0.05) is 5.21 Å². The van der Waals surface area contributed by atoms with Crippen LogP contribution in [-0.2, 0) is 17.7 Å². The van der Waals surface area contributed by atoms with Crippen molar-refractivity contribution in [3.8, 4) is 0 Å². The van der Waals surface area contributed by atoms with Gasteiger partial charge in [-0.2, -0.15) is 0 Å². The van der Waals surface area contributed by atoms with Crippen LogP contribution in [0.5, 0.6) is 0 Å². The second-order valence-corrected chi connectivity index (χ2v) is 5.32. The number of aromatic carboxylic acids is 1. The first-order valence-corrected chi connectivity index (χ1v) is 6.48. The number of carboxylic acids is 1. The Balaban J connectivity index is 2.64. The third-order valence-electron chi connectivity index (χ3n) is 2.38. The van der Waals surface area contributed by atoms with Crippen molar-refractivity contribution in [1.29, 1.82) is 0 Å². The van der Waals surface area contributed by atoms with Crippen molar-refractivity contribution in [3.05, 3.63) is 11.4 Å². The van der Waals surface area contributed by atoms with E-state index in [4.69, 9.17) is 14.9 Å². The topological polar surface area (TPSA) is 127 Å². The molecule has 1 aromatic heterocycles. The van der Waals surface area contributed by atoms with Gasteiger partial charge < -0.3 is 20.3 Å². The molecule has 9 heteroatoms. The van der Waals surface area contributed by atoms with E-state index in [0.29, 0.717) is 5.69 Å². The van der Waals surface area contributed by atoms with E-state index in [2.05, 4.69) is 15.6 Å². The molecule has 0 aliphatic carbocycles. The fourth-order valence-electron chi connectivity index (χ4n) is 1.62. The largest absolute Gasteiger partial charge is 0.476 e. The minimum atomic E-state index is -1.20. The number of hydrogen-bond donors (Lipinski definition) is 3. The Hall–Kier alpha value is -2.16. The van der Waals surface area contributed by atoms with Crippen LogP contribution >= 0.6 is 0 Å². The van der Waals surface area contributed by atoms with Gasteiger partial charge in [0, 0.05) is 13.0 Å². The number of amides is 1. The van der Waals surface area contributed by atoms with E-state index in [9.17, 15) is 9.59 Å². The fraction of sp³-hybridized carbons (Fsp3) is 0.667. The van der Waals surface area contributed by atoms with Crippen molar-refractivity contribution in [2.24, 2.45) is 0 Å². The number of rotatable bonds is 6. The van der Waals surface area contributed by atoms with Crippen LogP contribution in [0.2, 0.25) is 0 Å². The molecule has 0 spiro atoms. The van der Waals surface area contributed by atoms with Crippen LogP contribution in [0.25, 0.3) is 0 Å². The molecule has 0 aliphatic heterocycles. The second-order valence-electron chi connectivity index (χ2n) is 5.32. The minimum Gasteiger partial charge on any atom is -0.476 e. The standard InChI is InChI=1S/C12H20N4O5/c1-12(2,3)21-11(20)13-5-4-8-9(10(18)19)14-15-16(8)6-7-17/h17H,4-7H2,1-3H3,(H,13,20)(H,18,19). The Morgan fingerprint density at radius 1 is 1.38 bits per heavy atom. The molecule has 9 nitrogen and oxygen atoms in total. The zero-order valence-corrected chi connectivity index (χ0v) is 12.3. The van der Waals surface area contributed by atoms with Crippen molar-refractivity contribution in [2.45, 2.75) is 39.3 Å². The second kappa shape index (κ2) is 7.02. The highest BCUT2D eigenvalue weighted by atomic mass is 16.6. The van der Waals surface area contributed by atoms with Gasteiger partial charge in [-0.25, -0.2) is 14.3 Å². The van der Waals surface area contributed by atoms with Crippen molar-refractivity contribution < 1.29 is 24.5 Å². The van der Waals surface area contributed by atoms with Gasteiger partial charge >= 0.3 is 12.1 Å². The number of hydrogen-bond acceptors (Lipinski definition) is 6. The monoisotopic (exact) mass is 300 g/mol. The van der Waals surface area contributed by atoms with Crippen LogP contribution in [0.1, 0.15) is 37.0 Å². The zero-order chi connectivity index (χ0) is 16.0. The van der Waals surface area contributed by atoms with E-state index in [1.54, 1.807) is 20.8 Å². The van der Waals surface area contributed by atoms with Gasteiger partial charge in [-0.15, -0.1) is 5.10 Å². The van der Waals surface area contributed by atoms with Crippen LogP contribution in [-0.4, -0.2) is 56.0 Å². The molecular formula is C12H20N4O5. The predicted octanol–water partition coefficient (Wildman–Crippen LogP) is 0.0358. The summed E-state index contributed by atoms with van der Waals surface area (Å²) in [4.78, 5) is 22.5. The summed E-state index contributed by atoms with van der Waals surface area (Å²) in [6, 6.07) is 0. The number of aromatic nitrogens is 3. The van der Waals surface area contributed by atoms with Gasteiger partial charge in [-0.3, -0.25) is 0 Å². The van der Waals surface area contributed by atoms with Gasteiger partial charge in [0.15, 0.2) is 5.69 Å². The Labute approximate surface area is 121 Å². The summed E-state index contributed by atoms with van der Waals surface area (Å²) in [6.07, 6.45) is -0.367. The molecule has 0 unspecified atom stereocenters. The maximum absolute atomic E-state index is 11.5. The first kappa shape index (κ1) is 16.9. The first-order chi connectivity index (χ1) is 9.74. The maximum atomic E-state index is 11.5. The lowest BCUT2D eigenvalue weighted by atomic mass is 10.2. The maximum Gasteiger partial charge on any atom is 0.407 e. The third-order valence-corrected chi connectivity index (χ3v) is 2.38. The van der Waals surface area contributed by atoms with E-state index in [-0.39, 0.29) is 31.8 Å². The Kier molecular flexibility index (Phi) is 5.65. The van der Waals surface area contributed by atoms with Gasteiger partial charge in [0.2, 0.25) is 0 Å². The Morgan fingerprint density at radius 2 is 2.05 bits per heavy atom. The molecule has 0 aliphatic rings. The van der Waals surface area contributed by atoms with E-state index in [1.165, 1.54) is 4.68 Å². The normalized spacial score (nSPS) is 11.2. The highest BCUT2D eigenvalue weighted by Gasteiger charge is 2.20. The molecule has 1 heterocycles. The van der Waals surface area contributed by atoms with E-state index in [1.807, 2.05) is 0 Å². The number of nitrogens with zero attached hydrogens (tertiary/aromatic N) is 3. The average molecular weight is 300 g/mol. The summed E-state index contributed by atoms with van der Waals surface area (Å²) >= 11 is 0. The molecule has 0 atom stereocenters. The number of carboxylic acid groups (broad SMARTS) is 1. The summed E-state index contributed by atoms with van der Waals surface area (Å²) in [6.45, 7) is 5.37. The van der Waals surface area contributed by atoms with Crippen LogP contribution < -0.4 is 5.32 Å². The van der Waals surface area contributed by atoms with Gasteiger partial charge in [-0.05, 0) is 20.8 Å². The molecule has 0 saturated carbocycles. The van der Waals surface area contributed by atoms with E-state index >= 15 is 0 Å². The SMILES string of the molecule is CC(C)(C)OC(=O)NCCc1c(C(=O)O)nnn1CCO. The minimum absolute atomic E-state index is 0.141. The van der Waals surface area contributed by atoms with Crippen molar-refractivity contribution in [3.63, 3.8) is 0 Å².